The maximum Gasteiger partial charge on any atom is 0.317 e. The van der Waals surface area contributed by atoms with Crippen LogP contribution in [-0.2, 0) is 0 Å². The lowest BCUT2D eigenvalue weighted by Gasteiger charge is -2.36. The SMILES string of the molecule is C[C@H](NC(=O)N1CCN(c2ccccc2)CC1)c1cccc(Br)c1. The number of carbonyl (C=O) groups excluding carboxylic acids is 1. The van der Waals surface area contributed by atoms with E-state index in [4.69, 9.17) is 0 Å². The number of piperazine rings is 1. The zero-order valence-electron chi connectivity index (χ0n) is 13.8. The van der Waals surface area contributed by atoms with E-state index in [1.54, 1.807) is 0 Å². The molecular weight excluding hydrogens is 366 g/mol. The first-order chi connectivity index (χ1) is 11.6. The standard InChI is InChI=1S/C19H22BrN3O/c1-15(16-6-5-7-17(20)14-16)21-19(24)23-12-10-22(11-13-23)18-8-3-2-4-9-18/h2-9,14-15H,10-13H2,1H3,(H,21,24)/t15-/m0/s1. The Morgan fingerprint density at radius 2 is 1.75 bits per heavy atom. The molecule has 126 valence electrons. The van der Waals surface area contributed by atoms with E-state index < -0.39 is 0 Å². The predicted octanol–water partition coefficient (Wildman–Crippen LogP) is 4.04. The number of hydrogen-bond donors (Lipinski definition) is 1. The maximum atomic E-state index is 12.5. The van der Waals surface area contributed by atoms with Crippen molar-refractivity contribution in [3.05, 3.63) is 64.6 Å². The molecule has 3 rings (SSSR count). The molecule has 1 aliphatic rings. The van der Waals surface area contributed by atoms with Crippen LogP contribution >= 0.6 is 15.9 Å². The second-order valence-electron chi connectivity index (χ2n) is 6.04. The highest BCUT2D eigenvalue weighted by Gasteiger charge is 2.22. The molecule has 0 unspecified atom stereocenters. The smallest absolute Gasteiger partial charge is 0.317 e. The van der Waals surface area contributed by atoms with Crippen LogP contribution < -0.4 is 10.2 Å². The average Bonchev–Trinajstić information content (AvgIpc) is 2.62. The van der Waals surface area contributed by atoms with Gasteiger partial charge in [0.25, 0.3) is 0 Å². The molecule has 2 aromatic rings. The Bertz CT molecular complexity index is 684. The van der Waals surface area contributed by atoms with Gasteiger partial charge >= 0.3 is 6.03 Å². The van der Waals surface area contributed by atoms with Crippen molar-refractivity contribution in [1.29, 1.82) is 0 Å². The van der Waals surface area contributed by atoms with Crippen LogP contribution in [0.3, 0.4) is 0 Å². The van der Waals surface area contributed by atoms with Gasteiger partial charge in [0.1, 0.15) is 0 Å². The Morgan fingerprint density at radius 3 is 2.42 bits per heavy atom. The number of para-hydroxylation sites is 1. The number of nitrogens with zero attached hydrogens (tertiary/aromatic N) is 2. The predicted molar refractivity (Wildman–Crippen MR) is 101 cm³/mol. The van der Waals surface area contributed by atoms with Crippen LogP contribution in [0.5, 0.6) is 0 Å². The summed E-state index contributed by atoms with van der Waals surface area (Å²) in [7, 11) is 0. The lowest BCUT2D eigenvalue weighted by molar-refractivity contribution is 0.191. The number of nitrogens with one attached hydrogen (secondary N) is 1. The third-order valence-electron chi connectivity index (χ3n) is 4.38. The van der Waals surface area contributed by atoms with E-state index >= 15 is 0 Å². The third kappa shape index (κ3) is 4.09. The van der Waals surface area contributed by atoms with Gasteiger partial charge in [-0.25, -0.2) is 4.79 Å². The molecule has 0 bridgehead atoms. The number of anilines is 1. The summed E-state index contributed by atoms with van der Waals surface area (Å²) in [6.07, 6.45) is 0. The fourth-order valence-electron chi connectivity index (χ4n) is 2.94. The Balaban J connectivity index is 1.54. The van der Waals surface area contributed by atoms with E-state index in [1.807, 2.05) is 54.3 Å². The van der Waals surface area contributed by atoms with Crippen LogP contribution in [0, 0.1) is 0 Å². The summed E-state index contributed by atoms with van der Waals surface area (Å²) in [4.78, 5) is 16.7. The molecule has 1 heterocycles. The van der Waals surface area contributed by atoms with Gasteiger partial charge in [-0.1, -0.05) is 46.3 Å². The van der Waals surface area contributed by atoms with Crippen molar-refractivity contribution in [2.75, 3.05) is 31.1 Å². The van der Waals surface area contributed by atoms with E-state index in [0.29, 0.717) is 0 Å². The lowest BCUT2D eigenvalue weighted by atomic mass is 10.1. The van der Waals surface area contributed by atoms with Crippen molar-refractivity contribution < 1.29 is 4.79 Å². The van der Waals surface area contributed by atoms with Crippen LogP contribution in [-0.4, -0.2) is 37.1 Å². The molecule has 24 heavy (non-hydrogen) atoms. The van der Waals surface area contributed by atoms with Crippen molar-refractivity contribution in [1.82, 2.24) is 10.2 Å². The number of urea groups is 1. The van der Waals surface area contributed by atoms with Gasteiger partial charge in [0.2, 0.25) is 0 Å². The summed E-state index contributed by atoms with van der Waals surface area (Å²) >= 11 is 3.47. The second-order valence-corrected chi connectivity index (χ2v) is 6.95. The summed E-state index contributed by atoms with van der Waals surface area (Å²) in [5, 5.41) is 3.10. The topological polar surface area (TPSA) is 35.6 Å². The van der Waals surface area contributed by atoms with E-state index in [0.717, 1.165) is 36.2 Å². The molecule has 2 aromatic carbocycles. The molecule has 0 radical (unpaired) electrons. The third-order valence-corrected chi connectivity index (χ3v) is 4.87. The molecule has 1 aliphatic heterocycles. The van der Waals surface area contributed by atoms with Gasteiger partial charge < -0.3 is 15.1 Å². The van der Waals surface area contributed by atoms with Gasteiger partial charge in [0.05, 0.1) is 6.04 Å². The Morgan fingerprint density at radius 1 is 1.04 bits per heavy atom. The summed E-state index contributed by atoms with van der Waals surface area (Å²) < 4.78 is 1.03. The first kappa shape index (κ1) is 16.8. The van der Waals surface area contributed by atoms with Crippen LogP contribution in [0.25, 0.3) is 0 Å². The Kier molecular flexibility index (Phi) is 5.41. The highest BCUT2D eigenvalue weighted by molar-refractivity contribution is 9.10. The summed E-state index contributed by atoms with van der Waals surface area (Å²) in [5.41, 5.74) is 2.32. The van der Waals surface area contributed by atoms with Gasteiger partial charge in [-0.3, -0.25) is 0 Å². The maximum absolute atomic E-state index is 12.5. The monoisotopic (exact) mass is 387 g/mol. The van der Waals surface area contributed by atoms with Crippen molar-refractivity contribution >= 4 is 27.6 Å². The van der Waals surface area contributed by atoms with Crippen molar-refractivity contribution in [2.24, 2.45) is 0 Å². The van der Waals surface area contributed by atoms with Crippen LogP contribution in [0.2, 0.25) is 0 Å². The molecule has 1 N–H and O–H groups in total. The molecule has 2 amide bonds. The normalized spacial score (nSPS) is 15.9. The molecule has 0 saturated carbocycles. The number of rotatable bonds is 3. The molecular formula is C19H22BrN3O. The molecule has 1 atom stereocenters. The summed E-state index contributed by atoms with van der Waals surface area (Å²) in [5.74, 6) is 0. The van der Waals surface area contributed by atoms with Crippen LogP contribution in [0.4, 0.5) is 10.5 Å². The summed E-state index contributed by atoms with van der Waals surface area (Å²) in [6, 6.07) is 18.4. The second kappa shape index (κ2) is 7.71. The van der Waals surface area contributed by atoms with Crippen LogP contribution in [0.15, 0.2) is 59.1 Å². The number of benzene rings is 2. The van der Waals surface area contributed by atoms with E-state index in [-0.39, 0.29) is 12.1 Å². The fraction of sp³-hybridized carbons (Fsp3) is 0.316. The molecule has 1 fully saturated rings. The quantitative estimate of drug-likeness (QED) is 0.862. The molecule has 1 saturated heterocycles. The largest absolute Gasteiger partial charge is 0.368 e. The zero-order chi connectivity index (χ0) is 16.9. The number of hydrogen-bond acceptors (Lipinski definition) is 2. The molecule has 0 aromatic heterocycles. The highest BCUT2D eigenvalue weighted by atomic mass is 79.9. The Hall–Kier alpha value is -2.01. The molecule has 0 aliphatic carbocycles. The minimum atomic E-state index is -0.0119. The Labute approximate surface area is 151 Å². The lowest BCUT2D eigenvalue weighted by Crippen LogP contribution is -2.52. The minimum Gasteiger partial charge on any atom is -0.368 e. The number of amides is 2. The van der Waals surface area contributed by atoms with Crippen molar-refractivity contribution in [3.63, 3.8) is 0 Å². The van der Waals surface area contributed by atoms with Gasteiger partial charge in [-0.2, -0.15) is 0 Å². The number of carbonyl (C=O) groups is 1. The van der Waals surface area contributed by atoms with E-state index in [2.05, 4.69) is 38.3 Å². The van der Waals surface area contributed by atoms with Crippen molar-refractivity contribution in [2.45, 2.75) is 13.0 Å². The average molecular weight is 388 g/mol. The summed E-state index contributed by atoms with van der Waals surface area (Å²) in [6.45, 7) is 5.23. The van der Waals surface area contributed by atoms with E-state index in [1.165, 1.54) is 5.69 Å². The molecule has 5 heteroatoms. The van der Waals surface area contributed by atoms with Gasteiger partial charge in [-0.05, 0) is 36.8 Å². The molecule has 0 spiro atoms. The molecule has 4 nitrogen and oxygen atoms in total. The van der Waals surface area contributed by atoms with Gasteiger partial charge in [-0.15, -0.1) is 0 Å². The highest BCUT2D eigenvalue weighted by Crippen LogP contribution is 2.19. The van der Waals surface area contributed by atoms with Crippen LogP contribution in [0.1, 0.15) is 18.5 Å². The first-order valence-corrected chi connectivity index (χ1v) is 9.03. The minimum absolute atomic E-state index is 0.00943. The number of halogens is 1. The fourth-order valence-corrected chi connectivity index (χ4v) is 3.36. The zero-order valence-corrected chi connectivity index (χ0v) is 15.4. The van der Waals surface area contributed by atoms with Crippen molar-refractivity contribution in [3.8, 4) is 0 Å². The van der Waals surface area contributed by atoms with Gasteiger partial charge in [0.15, 0.2) is 0 Å². The first-order valence-electron chi connectivity index (χ1n) is 8.24. The van der Waals surface area contributed by atoms with E-state index in [9.17, 15) is 4.79 Å². The van der Waals surface area contributed by atoms with Gasteiger partial charge in [0, 0.05) is 36.3 Å².